The molecule has 4 nitrogen and oxygen atoms in total. The molecule has 0 saturated heterocycles. The second-order valence-corrected chi connectivity index (χ2v) is 4.75. The van der Waals surface area contributed by atoms with Gasteiger partial charge < -0.3 is 9.47 Å². The van der Waals surface area contributed by atoms with Crippen molar-refractivity contribution < 1.29 is 19.1 Å². The Balaban J connectivity index is 4.26. The lowest BCUT2D eigenvalue weighted by molar-refractivity contribution is -0.144. The molecule has 0 fully saturated rings. The number of hydrogen-bond acceptors (Lipinski definition) is 4. The summed E-state index contributed by atoms with van der Waals surface area (Å²) in [5.74, 6) is -0.753. The van der Waals surface area contributed by atoms with Crippen LogP contribution in [0.4, 0.5) is 0 Å². The van der Waals surface area contributed by atoms with Crippen LogP contribution in [0.25, 0.3) is 0 Å². The second kappa shape index (κ2) is 6.40. The molecule has 0 aliphatic carbocycles. The van der Waals surface area contributed by atoms with Crippen LogP contribution in [-0.4, -0.2) is 35.8 Å². The van der Waals surface area contributed by atoms with Crippen LogP contribution in [0, 0.1) is 0 Å². The van der Waals surface area contributed by atoms with Gasteiger partial charge in [0.25, 0.3) is 0 Å². The fourth-order valence-corrected chi connectivity index (χ4v) is 1.68. The standard InChI is InChI=1S/C8H12Br2O4/c1-13-6(11)3-4-8(10,5-9)7(12)14-2/h3-5H2,1-2H3. The van der Waals surface area contributed by atoms with E-state index in [0.717, 1.165) is 0 Å². The molecule has 0 saturated carbocycles. The Kier molecular flexibility index (Phi) is 6.35. The van der Waals surface area contributed by atoms with E-state index in [1.807, 2.05) is 0 Å². The number of methoxy groups -OCH3 is 2. The van der Waals surface area contributed by atoms with E-state index in [0.29, 0.717) is 11.8 Å². The molecule has 0 spiro atoms. The molecule has 0 heterocycles. The van der Waals surface area contributed by atoms with Crippen LogP contribution in [0.15, 0.2) is 0 Å². The highest BCUT2D eigenvalue weighted by Crippen LogP contribution is 2.28. The molecule has 0 aliphatic rings. The molecule has 0 radical (unpaired) electrons. The van der Waals surface area contributed by atoms with Gasteiger partial charge in [-0.05, 0) is 6.42 Å². The molecule has 1 atom stereocenters. The van der Waals surface area contributed by atoms with Gasteiger partial charge in [0.15, 0.2) is 0 Å². The Morgan fingerprint density at radius 3 is 2.21 bits per heavy atom. The van der Waals surface area contributed by atoms with Gasteiger partial charge in [0.1, 0.15) is 4.32 Å². The zero-order valence-electron chi connectivity index (χ0n) is 8.01. The van der Waals surface area contributed by atoms with E-state index in [2.05, 4.69) is 41.3 Å². The molecule has 0 aromatic rings. The summed E-state index contributed by atoms with van der Waals surface area (Å²) in [6, 6.07) is 0. The highest BCUT2D eigenvalue weighted by atomic mass is 79.9. The van der Waals surface area contributed by atoms with Gasteiger partial charge in [-0.15, -0.1) is 0 Å². The van der Waals surface area contributed by atoms with Crippen LogP contribution in [0.5, 0.6) is 0 Å². The summed E-state index contributed by atoms with van der Waals surface area (Å²) in [5.41, 5.74) is 0. The number of rotatable bonds is 5. The van der Waals surface area contributed by atoms with Crippen LogP contribution in [0.3, 0.4) is 0 Å². The lowest BCUT2D eigenvalue weighted by atomic mass is 10.1. The Labute approximate surface area is 99.6 Å². The summed E-state index contributed by atoms with van der Waals surface area (Å²) in [6.45, 7) is 0. The topological polar surface area (TPSA) is 52.6 Å². The van der Waals surface area contributed by atoms with Crippen molar-refractivity contribution in [1.82, 2.24) is 0 Å². The summed E-state index contributed by atoms with van der Waals surface area (Å²) >= 11 is 6.42. The minimum atomic E-state index is -0.851. The molecule has 0 amide bonds. The molecule has 1 unspecified atom stereocenters. The molecule has 14 heavy (non-hydrogen) atoms. The highest BCUT2D eigenvalue weighted by Gasteiger charge is 2.36. The van der Waals surface area contributed by atoms with E-state index in [-0.39, 0.29) is 12.4 Å². The normalized spacial score (nSPS) is 14.3. The van der Waals surface area contributed by atoms with E-state index in [1.165, 1.54) is 14.2 Å². The van der Waals surface area contributed by atoms with Crippen LogP contribution in [0.1, 0.15) is 12.8 Å². The van der Waals surface area contributed by atoms with Crippen molar-refractivity contribution in [3.8, 4) is 0 Å². The van der Waals surface area contributed by atoms with Gasteiger partial charge in [-0.2, -0.15) is 0 Å². The first-order chi connectivity index (χ1) is 6.50. The van der Waals surface area contributed by atoms with E-state index in [4.69, 9.17) is 0 Å². The van der Waals surface area contributed by atoms with Crippen molar-refractivity contribution in [2.75, 3.05) is 19.5 Å². The van der Waals surface area contributed by atoms with Gasteiger partial charge in [0, 0.05) is 11.8 Å². The van der Waals surface area contributed by atoms with Crippen molar-refractivity contribution in [3.05, 3.63) is 0 Å². The second-order valence-electron chi connectivity index (χ2n) is 2.67. The molecule has 0 aliphatic heterocycles. The zero-order chi connectivity index (χ0) is 11.2. The minimum Gasteiger partial charge on any atom is -0.469 e. The van der Waals surface area contributed by atoms with Crippen molar-refractivity contribution in [2.24, 2.45) is 0 Å². The van der Waals surface area contributed by atoms with E-state index < -0.39 is 10.3 Å². The third-order valence-corrected chi connectivity index (χ3v) is 4.43. The summed E-state index contributed by atoms with van der Waals surface area (Å²) in [7, 11) is 2.61. The molecule has 0 bridgehead atoms. The van der Waals surface area contributed by atoms with Gasteiger partial charge in [-0.1, -0.05) is 31.9 Å². The van der Waals surface area contributed by atoms with E-state index >= 15 is 0 Å². The number of carbonyl (C=O) groups excluding carboxylic acids is 2. The van der Waals surface area contributed by atoms with Crippen molar-refractivity contribution in [2.45, 2.75) is 17.2 Å². The monoisotopic (exact) mass is 330 g/mol. The third kappa shape index (κ3) is 3.96. The van der Waals surface area contributed by atoms with Crippen molar-refractivity contribution in [3.63, 3.8) is 0 Å². The van der Waals surface area contributed by atoms with Gasteiger partial charge in [-0.3, -0.25) is 9.59 Å². The average Bonchev–Trinajstić information content (AvgIpc) is 2.23. The molecule has 0 aromatic carbocycles. The maximum atomic E-state index is 11.3. The number of hydrogen-bond donors (Lipinski definition) is 0. The zero-order valence-corrected chi connectivity index (χ0v) is 11.2. The van der Waals surface area contributed by atoms with Gasteiger partial charge in [-0.25, -0.2) is 0 Å². The first kappa shape index (κ1) is 13.9. The summed E-state index contributed by atoms with van der Waals surface area (Å²) < 4.78 is 8.23. The average molecular weight is 332 g/mol. The fraction of sp³-hybridized carbons (Fsp3) is 0.750. The third-order valence-electron chi connectivity index (χ3n) is 1.72. The van der Waals surface area contributed by atoms with Crippen molar-refractivity contribution >= 4 is 43.8 Å². The molecule has 0 aromatic heterocycles. The Bertz CT molecular complexity index is 219. The summed E-state index contributed by atoms with van der Waals surface area (Å²) in [6.07, 6.45) is 0.500. The van der Waals surface area contributed by atoms with Crippen molar-refractivity contribution in [1.29, 1.82) is 0 Å². The summed E-state index contributed by atoms with van der Waals surface area (Å²) in [5, 5.41) is 0.379. The maximum absolute atomic E-state index is 11.3. The molecule has 6 heteroatoms. The SMILES string of the molecule is COC(=O)CCC(Br)(CBr)C(=O)OC. The van der Waals surface area contributed by atoms with E-state index in [9.17, 15) is 9.59 Å². The van der Waals surface area contributed by atoms with Crippen LogP contribution >= 0.6 is 31.9 Å². The highest BCUT2D eigenvalue weighted by molar-refractivity contribution is 9.12. The largest absolute Gasteiger partial charge is 0.469 e. The molecule has 0 N–H and O–H groups in total. The molecular formula is C8H12Br2O4. The van der Waals surface area contributed by atoms with Gasteiger partial charge in [0.2, 0.25) is 0 Å². The van der Waals surface area contributed by atoms with E-state index in [1.54, 1.807) is 0 Å². The fourth-order valence-electron chi connectivity index (χ4n) is 0.809. The maximum Gasteiger partial charge on any atom is 0.323 e. The molecule has 0 rings (SSSR count). The molecular weight excluding hydrogens is 320 g/mol. The number of ether oxygens (including phenoxy) is 2. The lowest BCUT2D eigenvalue weighted by Gasteiger charge is -2.21. The number of carbonyl (C=O) groups is 2. The van der Waals surface area contributed by atoms with Gasteiger partial charge in [0.05, 0.1) is 14.2 Å². The first-order valence-corrected chi connectivity index (χ1v) is 5.81. The lowest BCUT2D eigenvalue weighted by Crippen LogP contribution is -2.35. The Morgan fingerprint density at radius 1 is 1.29 bits per heavy atom. The van der Waals surface area contributed by atoms with Crippen LogP contribution in [0.2, 0.25) is 0 Å². The quantitative estimate of drug-likeness (QED) is 0.567. The summed E-state index contributed by atoms with van der Waals surface area (Å²) in [4.78, 5) is 22.2. The predicted octanol–water partition coefficient (Wildman–Crippen LogP) is 1.64. The first-order valence-electron chi connectivity index (χ1n) is 3.90. The number of esters is 2. The Hall–Kier alpha value is -0.100. The number of halogens is 2. The Morgan fingerprint density at radius 2 is 1.86 bits per heavy atom. The van der Waals surface area contributed by atoms with Crippen LogP contribution in [-0.2, 0) is 19.1 Å². The predicted molar refractivity (Wildman–Crippen MR) is 58.7 cm³/mol. The smallest absolute Gasteiger partial charge is 0.323 e. The van der Waals surface area contributed by atoms with Crippen LogP contribution < -0.4 is 0 Å². The minimum absolute atomic E-state index is 0.169. The molecule has 82 valence electrons. The van der Waals surface area contributed by atoms with Gasteiger partial charge >= 0.3 is 11.9 Å². The number of alkyl halides is 2.